The van der Waals surface area contributed by atoms with Crippen LogP contribution in [0.15, 0.2) is 84.4 Å². The third-order valence-corrected chi connectivity index (χ3v) is 4.44. The van der Waals surface area contributed by atoms with Crippen molar-refractivity contribution in [3.05, 3.63) is 90.4 Å². The maximum Gasteiger partial charge on any atom is 0.271 e. The molecule has 2 heterocycles. The van der Waals surface area contributed by atoms with Crippen LogP contribution >= 0.6 is 0 Å². The molecule has 4 aromatic rings. The Morgan fingerprint density at radius 3 is 2.75 bits per heavy atom. The van der Waals surface area contributed by atoms with Crippen molar-refractivity contribution in [1.29, 1.82) is 5.26 Å². The van der Waals surface area contributed by atoms with Crippen molar-refractivity contribution in [3.8, 4) is 11.8 Å². The number of para-hydroxylation sites is 1. The highest BCUT2D eigenvalue weighted by atomic mass is 16.2. The van der Waals surface area contributed by atoms with Crippen molar-refractivity contribution in [3.63, 3.8) is 0 Å². The van der Waals surface area contributed by atoms with Crippen molar-refractivity contribution in [1.82, 2.24) is 14.6 Å². The maximum absolute atomic E-state index is 12.4. The molecule has 0 fully saturated rings. The van der Waals surface area contributed by atoms with Gasteiger partial charge in [0, 0.05) is 46.3 Å². The molecule has 1 amide bonds. The lowest BCUT2D eigenvalue weighted by molar-refractivity contribution is 0.0955. The van der Waals surface area contributed by atoms with Gasteiger partial charge in [-0.15, -0.1) is 0 Å². The van der Waals surface area contributed by atoms with E-state index in [0.29, 0.717) is 5.56 Å². The largest absolute Gasteiger partial charge is 0.333 e. The number of fused-ring (bicyclic) bond motifs is 1. The standard InChI is InChI=1S/C22H17N5O/c23-10-13-27-16-18(20-8-1-2-9-21(20)27)15-24-25-22(28)17-6-5-7-19(14-17)26-11-3-4-12-26/h1-9,11-12,14-16H,13H2,(H,25,28). The molecule has 28 heavy (non-hydrogen) atoms. The molecule has 6 heteroatoms. The highest BCUT2D eigenvalue weighted by Gasteiger charge is 2.08. The summed E-state index contributed by atoms with van der Waals surface area (Å²) in [6.07, 6.45) is 7.30. The summed E-state index contributed by atoms with van der Waals surface area (Å²) >= 11 is 0. The van der Waals surface area contributed by atoms with Gasteiger partial charge in [0.2, 0.25) is 0 Å². The van der Waals surface area contributed by atoms with Crippen molar-refractivity contribution >= 4 is 23.0 Å². The average Bonchev–Trinajstić information content (AvgIpc) is 3.38. The molecule has 0 aliphatic rings. The van der Waals surface area contributed by atoms with Gasteiger partial charge in [-0.3, -0.25) is 4.79 Å². The van der Waals surface area contributed by atoms with Crippen LogP contribution in [0.3, 0.4) is 0 Å². The number of nitrogens with zero attached hydrogens (tertiary/aromatic N) is 4. The zero-order valence-electron chi connectivity index (χ0n) is 15.0. The third kappa shape index (κ3) is 3.41. The van der Waals surface area contributed by atoms with Gasteiger partial charge in [0.05, 0.1) is 12.3 Å². The number of rotatable bonds is 5. The number of hydrazone groups is 1. The summed E-state index contributed by atoms with van der Waals surface area (Å²) < 4.78 is 3.79. The lowest BCUT2D eigenvalue weighted by Crippen LogP contribution is -2.17. The second kappa shape index (κ2) is 7.64. The zero-order valence-corrected chi connectivity index (χ0v) is 15.0. The van der Waals surface area contributed by atoms with E-state index in [1.807, 2.05) is 82.3 Å². The second-order valence-corrected chi connectivity index (χ2v) is 6.23. The Morgan fingerprint density at radius 2 is 1.93 bits per heavy atom. The molecule has 0 bridgehead atoms. The number of benzene rings is 2. The summed E-state index contributed by atoms with van der Waals surface area (Å²) in [4.78, 5) is 12.4. The normalized spacial score (nSPS) is 11.0. The monoisotopic (exact) mass is 367 g/mol. The van der Waals surface area contributed by atoms with E-state index in [2.05, 4.69) is 16.6 Å². The van der Waals surface area contributed by atoms with Crippen LogP contribution in [0.25, 0.3) is 16.6 Å². The van der Waals surface area contributed by atoms with E-state index in [9.17, 15) is 4.79 Å². The summed E-state index contributed by atoms with van der Waals surface area (Å²) in [6.45, 7) is 0.257. The minimum atomic E-state index is -0.286. The van der Waals surface area contributed by atoms with Crippen LogP contribution in [-0.4, -0.2) is 21.3 Å². The average molecular weight is 367 g/mol. The Labute approximate surface area is 161 Å². The van der Waals surface area contributed by atoms with E-state index < -0.39 is 0 Å². The van der Waals surface area contributed by atoms with Crippen LogP contribution in [0.2, 0.25) is 0 Å². The predicted octanol–water partition coefficient (Wildman–Crippen LogP) is 3.72. The SMILES string of the molecule is N#CCn1cc(C=NNC(=O)c2cccc(-n3cccc3)c2)c2ccccc21. The molecule has 0 spiro atoms. The molecule has 0 saturated heterocycles. The van der Waals surface area contributed by atoms with Gasteiger partial charge in [-0.1, -0.05) is 24.3 Å². The fourth-order valence-electron chi connectivity index (χ4n) is 3.12. The van der Waals surface area contributed by atoms with Gasteiger partial charge in [0.25, 0.3) is 5.91 Å². The van der Waals surface area contributed by atoms with Crippen molar-refractivity contribution in [2.24, 2.45) is 5.10 Å². The van der Waals surface area contributed by atoms with Gasteiger partial charge in [-0.05, 0) is 36.4 Å². The minimum Gasteiger partial charge on any atom is -0.333 e. The van der Waals surface area contributed by atoms with E-state index in [4.69, 9.17) is 5.26 Å². The summed E-state index contributed by atoms with van der Waals surface area (Å²) in [5.41, 5.74) is 5.80. The third-order valence-electron chi connectivity index (χ3n) is 4.44. The fourth-order valence-corrected chi connectivity index (χ4v) is 3.12. The van der Waals surface area contributed by atoms with Gasteiger partial charge in [-0.2, -0.15) is 10.4 Å². The number of aromatic nitrogens is 2. The molecule has 2 aromatic carbocycles. The molecular weight excluding hydrogens is 350 g/mol. The summed E-state index contributed by atoms with van der Waals surface area (Å²) in [7, 11) is 0. The molecule has 4 rings (SSSR count). The first kappa shape index (κ1) is 17.3. The number of amides is 1. The molecule has 1 N–H and O–H groups in total. The number of nitrogens with one attached hydrogen (secondary N) is 1. The van der Waals surface area contributed by atoms with Gasteiger partial charge in [-0.25, -0.2) is 5.43 Å². The van der Waals surface area contributed by atoms with Gasteiger partial charge < -0.3 is 9.13 Å². The number of nitriles is 1. The first-order valence-electron chi connectivity index (χ1n) is 8.78. The molecule has 2 aromatic heterocycles. The molecule has 0 radical (unpaired) electrons. The van der Waals surface area contributed by atoms with E-state index in [1.165, 1.54) is 0 Å². The van der Waals surface area contributed by atoms with Gasteiger partial charge in [0.1, 0.15) is 6.54 Å². The van der Waals surface area contributed by atoms with Crippen molar-refractivity contribution < 1.29 is 4.79 Å². The van der Waals surface area contributed by atoms with Crippen LogP contribution < -0.4 is 5.43 Å². The number of hydrogen-bond donors (Lipinski definition) is 1. The molecule has 0 aliphatic carbocycles. The van der Waals surface area contributed by atoms with E-state index >= 15 is 0 Å². The zero-order chi connectivity index (χ0) is 19.3. The Bertz CT molecular complexity index is 1200. The smallest absolute Gasteiger partial charge is 0.271 e. The van der Waals surface area contributed by atoms with E-state index in [-0.39, 0.29) is 12.5 Å². The van der Waals surface area contributed by atoms with Crippen molar-refractivity contribution in [2.45, 2.75) is 6.54 Å². The Hall–Kier alpha value is -4.11. The lowest BCUT2D eigenvalue weighted by atomic mass is 10.2. The van der Waals surface area contributed by atoms with Crippen LogP contribution in [0.5, 0.6) is 0 Å². The van der Waals surface area contributed by atoms with Crippen LogP contribution in [0, 0.1) is 11.3 Å². The quantitative estimate of drug-likeness (QED) is 0.431. The van der Waals surface area contributed by atoms with Gasteiger partial charge in [0.15, 0.2) is 0 Å². The lowest BCUT2D eigenvalue weighted by Gasteiger charge is -2.05. The topological polar surface area (TPSA) is 75.1 Å². The van der Waals surface area contributed by atoms with Crippen LogP contribution in [0.1, 0.15) is 15.9 Å². The Balaban J connectivity index is 1.53. The van der Waals surface area contributed by atoms with E-state index in [1.54, 1.807) is 12.3 Å². The predicted molar refractivity (Wildman–Crippen MR) is 108 cm³/mol. The maximum atomic E-state index is 12.4. The first-order valence-corrected chi connectivity index (χ1v) is 8.78. The fraction of sp³-hybridized carbons (Fsp3) is 0.0455. The van der Waals surface area contributed by atoms with Gasteiger partial charge >= 0.3 is 0 Å². The molecule has 0 atom stereocenters. The molecule has 0 aliphatic heterocycles. The van der Waals surface area contributed by atoms with Crippen LogP contribution in [0.4, 0.5) is 0 Å². The second-order valence-electron chi connectivity index (χ2n) is 6.23. The van der Waals surface area contributed by atoms with Crippen molar-refractivity contribution in [2.75, 3.05) is 0 Å². The van der Waals surface area contributed by atoms with E-state index in [0.717, 1.165) is 22.2 Å². The minimum absolute atomic E-state index is 0.257. The van der Waals surface area contributed by atoms with Crippen LogP contribution in [-0.2, 0) is 6.54 Å². The number of carbonyl (C=O) groups excluding carboxylic acids is 1. The highest BCUT2D eigenvalue weighted by Crippen LogP contribution is 2.19. The summed E-state index contributed by atoms with van der Waals surface area (Å²) in [5, 5.41) is 14.1. The molecule has 0 saturated carbocycles. The number of carbonyl (C=O) groups is 1. The molecule has 136 valence electrons. The summed E-state index contributed by atoms with van der Waals surface area (Å²) in [5.74, 6) is -0.286. The highest BCUT2D eigenvalue weighted by molar-refractivity contribution is 6.00. The summed E-state index contributed by atoms with van der Waals surface area (Å²) in [6, 6.07) is 21.1. The molecule has 6 nitrogen and oxygen atoms in total. The first-order chi connectivity index (χ1) is 13.8. The number of hydrogen-bond acceptors (Lipinski definition) is 3. The Morgan fingerprint density at radius 1 is 1.11 bits per heavy atom. The molecular formula is C22H17N5O. The molecule has 0 unspecified atom stereocenters. The Kier molecular flexibility index (Phi) is 4.72.